The number of benzene rings is 8. The van der Waals surface area contributed by atoms with E-state index in [0.717, 1.165) is 61.1 Å². The molecule has 0 amide bonds. The molecule has 0 atom stereocenters. The van der Waals surface area contributed by atoms with Crippen molar-refractivity contribution in [1.82, 2.24) is 9.97 Å². The van der Waals surface area contributed by atoms with Gasteiger partial charge in [-0.05, 0) is 68.8 Å². The van der Waals surface area contributed by atoms with Crippen LogP contribution in [0.5, 0.6) is 0 Å². The molecule has 2 aromatic heterocycles. The molecule has 0 fully saturated rings. The summed E-state index contributed by atoms with van der Waals surface area (Å²) in [6.45, 7) is 0. The van der Waals surface area contributed by atoms with Crippen molar-refractivity contribution in [3.8, 4) is 56.2 Å². The smallest absolute Gasteiger partial charge is 0.160 e. The van der Waals surface area contributed by atoms with E-state index in [0.29, 0.717) is 5.82 Å². The molecule has 3 heteroatoms. The van der Waals surface area contributed by atoms with Gasteiger partial charge in [0.15, 0.2) is 5.82 Å². The molecule has 10 aromatic rings. The van der Waals surface area contributed by atoms with E-state index < -0.39 is 5.41 Å². The maximum Gasteiger partial charge on any atom is 0.160 e. The van der Waals surface area contributed by atoms with Crippen LogP contribution in [-0.4, -0.2) is 9.97 Å². The highest BCUT2D eigenvalue weighted by molar-refractivity contribution is 6.09. The van der Waals surface area contributed by atoms with Crippen LogP contribution >= 0.6 is 0 Å². The number of furan rings is 1. The van der Waals surface area contributed by atoms with E-state index in [1.165, 1.54) is 33.4 Å². The van der Waals surface area contributed by atoms with Gasteiger partial charge in [0.2, 0.25) is 0 Å². The highest BCUT2D eigenvalue weighted by Gasteiger charge is 2.46. The van der Waals surface area contributed by atoms with Crippen molar-refractivity contribution in [3.63, 3.8) is 0 Å². The third-order valence-corrected chi connectivity index (χ3v) is 11.4. The first kappa shape index (κ1) is 32.1. The van der Waals surface area contributed by atoms with E-state index in [-0.39, 0.29) is 0 Å². The fraction of sp³-hybridized carbons (Fsp3) is 0.0189. The van der Waals surface area contributed by atoms with Crippen molar-refractivity contribution in [3.05, 3.63) is 229 Å². The van der Waals surface area contributed by atoms with Crippen LogP contribution in [0.25, 0.3) is 78.1 Å². The number of aromatic nitrogens is 2. The molecule has 0 spiro atoms. The Bertz CT molecular complexity index is 3040. The van der Waals surface area contributed by atoms with Crippen LogP contribution in [0.4, 0.5) is 0 Å². The van der Waals surface area contributed by atoms with Gasteiger partial charge in [-0.2, -0.15) is 0 Å². The van der Waals surface area contributed by atoms with Gasteiger partial charge >= 0.3 is 0 Å². The van der Waals surface area contributed by atoms with Crippen molar-refractivity contribution in [2.24, 2.45) is 0 Å². The molecule has 56 heavy (non-hydrogen) atoms. The molecule has 262 valence electrons. The van der Waals surface area contributed by atoms with E-state index in [9.17, 15) is 0 Å². The Morgan fingerprint density at radius 1 is 0.357 bits per heavy atom. The molecule has 11 rings (SSSR count). The minimum absolute atomic E-state index is 0.448. The topological polar surface area (TPSA) is 38.9 Å². The summed E-state index contributed by atoms with van der Waals surface area (Å²) in [6.07, 6.45) is 0. The molecule has 0 bridgehead atoms. The van der Waals surface area contributed by atoms with Crippen LogP contribution in [-0.2, 0) is 5.41 Å². The molecular weight excluding hydrogens is 681 g/mol. The Morgan fingerprint density at radius 2 is 0.911 bits per heavy atom. The van der Waals surface area contributed by atoms with Crippen LogP contribution in [0.1, 0.15) is 22.3 Å². The Labute approximate surface area is 325 Å². The lowest BCUT2D eigenvalue weighted by Crippen LogP contribution is -2.28. The zero-order valence-electron chi connectivity index (χ0n) is 30.4. The molecular formula is C53H34N2O. The second-order valence-corrected chi connectivity index (χ2v) is 14.4. The van der Waals surface area contributed by atoms with Crippen LogP contribution < -0.4 is 0 Å². The molecule has 0 N–H and O–H groups in total. The second-order valence-electron chi connectivity index (χ2n) is 14.4. The van der Waals surface area contributed by atoms with Gasteiger partial charge in [0.05, 0.1) is 16.8 Å². The van der Waals surface area contributed by atoms with Crippen LogP contribution in [0, 0.1) is 0 Å². The van der Waals surface area contributed by atoms with Gasteiger partial charge in [-0.15, -0.1) is 0 Å². The summed E-state index contributed by atoms with van der Waals surface area (Å²) in [5.74, 6) is 0.666. The van der Waals surface area contributed by atoms with Gasteiger partial charge < -0.3 is 4.42 Å². The Hall–Kier alpha value is -7.36. The molecule has 1 aliphatic rings. The zero-order valence-corrected chi connectivity index (χ0v) is 30.4. The normalized spacial score (nSPS) is 12.8. The minimum Gasteiger partial charge on any atom is -0.455 e. The van der Waals surface area contributed by atoms with E-state index in [2.05, 4.69) is 176 Å². The zero-order chi connectivity index (χ0) is 37.1. The van der Waals surface area contributed by atoms with Crippen molar-refractivity contribution in [1.29, 1.82) is 0 Å². The summed E-state index contributed by atoms with van der Waals surface area (Å²) in [6, 6.07) is 73.3. The number of hydrogen-bond donors (Lipinski definition) is 0. The molecule has 1 aliphatic carbocycles. The number of nitrogens with zero attached hydrogens (tertiary/aromatic N) is 2. The Kier molecular flexibility index (Phi) is 7.39. The average molecular weight is 715 g/mol. The summed E-state index contributed by atoms with van der Waals surface area (Å²) >= 11 is 0. The van der Waals surface area contributed by atoms with Gasteiger partial charge in [0.1, 0.15) is 11.2 Å². The molecule has 8 aromatic carbocycles. The monoisotopic (exact) mass is 714 g/mol. The highest BCUT2D eigenvalue weighted by Crippen LogP contribution is 2.56. The lowest BCUT2D eigenvalue weighted by Gasteiger charge is -2.33. The fourth-order valence-electron chi connectivity index (χ4n) is 8.96. The fourth-order valence-corrected chi connectivity index (χ4v) is 8.96. The van der Waals surface area contributed by atoms with Crippen LogP contribution in [0.3, 0.4) is 0 Å². The third-order valence-electron chi connectivity index (χ3n) is 11.4. The van der Waals surface area contributed by atoms with Gasteiger partial charge in [-0.3, -0.25) is 0 Å². The van der Waals surface area contributed by atoms with Gasteiger partial charge in [-0.1, -0.05) is 182 Å². The Balaban J connectivity index is 1.12. The van der Waals surface area contributed by atoms with Crippen molar-refractivity contribution in [2.45, 2.75) is 5.41 Å². The predicted octanol–water partition coefficient (Wildman–Crippen LogP) is 13.4. The summed E-state index contributed by atoms with van der Waals surface area (Å²) in [4.78, 5) is 10.5. The highest BCUT2D eigenvalue weighted by atomic mass is 16.3. The van der Waals surface area contributed by atoms with Gasteiger partial charge in [0.25, 0.3) is 0 Å². The van der Waals surface area contributed by atoms with Gasteiger partial charge in [-0.25, -0.2) is 9.97 Å². The van der Waals surface area contributed by atoms with Gasteiger partial charge in [0, 0.05) is 27.5 Å². The molecule has 0 aliphatic heterocycles. The maximum absolute atomic E-state index is 6.51. The summed E-state index contributed by atoms with van der Waals surface area (Å²) < 4.78 is 6.51. The summed E-state index contributed by atoms with van der Waals surface area (Å²) in [5, 5.41) is 2.16. The second kappa shape index (κ2) is 12.9. The largest absolute Gasteiger partial charge is 0.455 e. The lowest BCUT2D eigenvalue weighted by molar-refractivity contribution is 0.670. The maximum atomic E-state index is 6.51. The molecule has 0 radical (unpaired) electrons. The SMILES string of the molecule is c1ccc(-c2nc(-c3ccccc3-c3ccc4c(c3)-c3ccccc3C4(c3ccccc3)c3ccccc3)cc(-c3cccc4c3oc3ccccc34)n2)cc1. The average Bonchev–Trinajstić information content (AvgIpc) is 3.81. The first-order valence-electron chi connectivity index (χ1n) is 19.1. The number of fused-ring (bicyclic) bond motifs is 6. The van der Waals surface area contributed by atoms with Crippen molar-refractivity contribution in [2.75, 3.05) is 0 Å². The summed E-state index contributed by atoms with van der Waals surface area (Å²) in [5.41, 5.74) is 15.6. The Morgan fingerprint density at radius 3 is 1.66 bits per heavy atom. The standard InChI is InChI=1S/C53H34N2O/c1-4-17-35(18-5-1)52-54-48(34-49(55-52)44-28-16-27-43-42-26-13-15-30-50(42)56-51(43)44)41-25-11-10-23-39(41)36-31-32-47-45(33-36)40-24-12-14-29-46(40)53(47,37-19-6-2-7-20-37)38-21-8-3-9-22-38/h1-34H. The minimum atomic E-state index is -0.448. The van der Waals surface area contributed by atoms with Crippen LogP contribution in [0.2, 0.25) is 0 Å². The molecule has 3 nitrogen and oxygen atoms in total. The van der Waals surface area contributed by atoms with E-state index in [1.807, 2.05) is 30.3 Å². The number of hydrogen-bond acceptors (Lipinski definition) is 3. The molecule has 0 saturated heterocycles. The summed E-state index contributed by atoms with van der Waals surface area (Å²) in [7, 11) is 0. The van der Waals surface area contributed by atoms with Crippen LogP contribution in [0.15, 0.2) is 211 Å². The number of para-hydroxylation sites is 2. The first-order chi connectivity index (χ1) is 27.8. The van der Waals surface area contributed by atoms with E-state index >= 15 is 0 Å². The van der Waals surface area contributed by atoms with Crippen molar-refractivity contribution < 1.29 is 4.42 Å². The lowest BCUT2D eigenvalue weighted by atomic mass is 9.67. The van der Waals surface area contributed by atoms with Crippen molar-refractivity contribution >= 4 is 21.9 Å². The first-order valence-corrected chi connectivity index (χ1v) is 19.1. The molecule has 0 saturated carbocycles. The molecule has 0 unspecified atom stereocenters. The predicted molar refractivity (Wildman–Crippen MR) is 228 cm³/mol. The number of rotatable bonds is 6. The van der Waals surface area contributed by atoms with E-state index in [1.54, 1.807) is 0 Å². The van der Waals surface area contributed by atoms with E-state index in [4.69, 9.17) is 14.4 Å². The third kappa shape index (κ3) is 4.91. The molecule has 2 heterocycles. The quantitative estimate of drug-likeness (QED) is 0.172.